The van der Waals surface area contributed by atoms with Gasteiger partial charge in [-0.25, -0.2) is 0 Å². The van der Waals surface area contributed by atoms with Gasteiger partial charge in [0.2, 0.25) is 0 Å². The predicted molar refractivity (Wildman–Crippen MR) is 183 cm³/mol. The van der Waals surface area contributed by atoms with Gasteiger partial charge in [0.05, 0.1) is 36.3 Å². The molecule has 0 aromatic heterocycles. The molecule has 4 aliphatic heterocycles. The molecule has 2 fully saturated rings. The number of aryl methyl sites for hydroxylation is 2. The van der Waals surface area contributed by atoms with Crippen LogP contribution in [0.25, 0.3) is 0 Å². The van der Waals surface area contributed by atoms with Gasteiger partial charge in [0.25, 0.3) is 0 Å². The second-order valence-corrected chi connectivity index (χ2v) is 26.4. The standard InChI is InChI=1S/C15H18O3.C15H14O.CH4O.I3.HI/c1-7-3-13-9(5-11(7)17-13)15(16)10-6-12-8(2)4-14(10)18-12;1-11-3-7-13(8-4-11)15(16)14-9-5-12(2)6-10-14;1-2;1-3-2;/h3-4,9-14H,5-6H2,1-2H3;3-10H,1-2H3;2H,1H3;;1H/q;;;-1;. The fraction of sp³-hybridized carbons (Fsp3) is 0.419. The molecule has 2 aromatic rings. The van der Waals surface area contributed by atoms with Crippen LogP contribution in [0, 0.1) is 25.7 Å². The Balaban J connectivity index is 0.000000238. The molecule has 6 atom stereocenters. The molecule has 0 saturated carbocycles. The third-order valence-electron chi connectivity index (χ3n) is 7.60. The number of carbonyl (C=O) groups excluding carboxylic acids is 2. The van der Waals surface area contributed by atoms with Crippen LogP contribution in [-0.2, 0) is 14.3 Å². The molecule has 2 aromatic carbocycles. The van der Waals surface area contributed by atoms with E-state index in [0.29, 0.717) is 19.0 Å². The summed E-state index contributed by atoms with van der Waals surface area (Å²) in [5.41, 5.74) is 6.41. The predicted octanol–water partition coefficient (Wildman–Crippen LogP) is 4.56. The van der Waals surface area contributed by atoms with Crippen molar-refractivity contribution in [1.82, 2.24) is 0 Å². The normalized spacial score (nSPS) is 26.6. The van der Waals surface area contributed by atoms with Crippen molar-refractivity contribution in [3.8, 4) is 0 Å². The van der Waals surface area contributed by atoms with Crippen molar-refractivity contribution >= 4 is 72.8 Å². The first kappa shape index (κ1) is 36.3. The van der Waals surface area contributed by atoms with E-state index < -0.39 is 0 Å². The van der Waals surface area contributed by atoms with E-state index in [1.807, 2.05) is 62.4 Å². The number of halogens is 4. The van der Waals surface area contributed by atoms with E-state index in [1.54, 1.807) is 0 Å². The second-order valence-electron chi connectivity index (χ2n) is 10.2. The molecule has 5 nitrogen and oxygen atoms in total. The van der Waals surface area contributed by atoms with Gasteiger partial charge in [-0.15, -0.1) is 24.0 Å². The molecule has 0 aliphatic carbocycles. The van der Waals surface area contributed by atoms with Crippen LogP contribution in [0.4, 0.5) is 0 Å². The maximum atomic E-state index is 12.6. The van der Waals surface area contributed by atoms with Crippen LogP contribution in [0.1, 0.15) is 53.7 Å². The Kier molecular flexibility index (Phi) is 15.8. The maximum absolute atomic E-state index is 12.6. The van der Waals surface area contributed by atoms with E-state index in [1.165, 1.54) is 22.3 Å². The molecule has 4 heterocycles. The fourth-order valence-electron chi connectivity index (χ4n) is 5.45. The van der Waals surface area contributed by atoms with Crippen LogP contribution in [0.2, 0.25) is 0 Å². The van der Waals surface area contributed by atoms with E-state index >= 15 is 0 Å². The molecule has 0 amide bonds. The average molecular weight is 997 g/mol. The first-order valence-electron chi connectivity index (χ1n) is 12.9. The molecule has 9 heteroatoms. The van der Waals surface area contributed by atoms with Gasteiger partial charge in [0.15, 0.2) is 5.78 Å². The van der Waals surface area contributed by atoms with Crippen molar-refractivity contribution < 1.29 is 37.4 Å². The Hall–Kier alpha value is 0.0600. The number of Topliss-reactive ketones (excluding diaryl/α,β-unsaturated/α-hetero) is 1. The summed E-state index contributed by atoms with van der Waals surface area (Å²) in [4.78, 5) is 24.7. The molecule has 0 radical (unpaired) electrons. The van der Waals surface area contributed by atoms with Crippen LogP contribution in [0.3, 0.4) is 0 Å². The summed E-state index contributed by atoms with van der Waals surface area (Å²) in [6.07, 6.45) is 6.47. The van der Waals surface area contributed by atoms with Crippen molar-refractivity contribution in [1.29, 1.82) is 0 Å². The zero-order valence-corrected chi connectivity index (χ0v) is 32.1. The number of aliphatic hydroxyl groups is 1. The van der Waals surface area contributed by atoms with E-state index in [0.717, 1.165) is 31.1 Å². The summed E-state index contributed by atoms with van der Waals surface area (Å²) < 4.78 is 11.6. The fourth-order valence-corrected chi connectivity index (χ4v) is 5.45. The molecule has 2 saturated heterocycles. The van der Waals surface area contributed by atoms with Gasteiger partial charge in [-0.05, 0) is 51.7 Å². The number of aliphatic hydroxyl groups excluding tert-OH is 1. The van der Waals surface area contributed by atoms with E-state index in [-0.39, 0.29) is 66.0 Å². The van der Waals surface area contributed by atoms with Crippen molar-refractivity contribution in [2.45, 2.75) is 65.0 Å². The number of hydrogen-bond acceptors (Lipinski definition) is 5. The number of benzene rings is 2. The van der Waals surface area contributed by atoms with Crippen LogP contribution < -0.4 is 13.3 Å². The van der Waals surface area contributed by atoms with E-state index in [9.17, 15) is 9.59 Å². The summed E-state index contributed by atoms with van der Waals surface area (Å²) in [5, 5.41) is 7.00. The Morgan fingerprint density at radius 1 is 0.725 bits per heavy atom. The van der Waals surface area contributed by atoms with Crippen LogP contribution in [-0.4, -0.2) is 48.2 Å². The molecule has 4 bridgehead atoms. The number of fused-ring (bicyclic) bond motifs is 4. The van der Waals surface area contributed by atoms with Crippen molar-refractivity contribution in [2.75, 3.05) is 7.11 Å². The van der Waals surface area contributed by atoms with Gasteiger partial charge in [-0.3, -0.25) is 9.59 Å². The van der Waals surface area contributed by atoms with E-state index in [4.69, 9.17) is 14.6 Å². The Morgan fingerprint density at radius 3 is 1.30 bits per heavy atom. The number of ketones is 2. The Labute approximate surface area is 285 Å². The second kappa shape index (κ2) is 17.4. The van der Waals surface area contributed by atoms with Crippen molar-refractivity contribution in [3.05, 3.63) is 94.1 Å². The zero-order chi connectivity index (χ0) is 28.7. The average Bonchev–Trinajstić information content (AvgIpc) is 3.71. The summed E-state index contributed by atoms with van der Waals surface area (Å²) >= 11 is 5.30. The molecule has 0 spiro atoms. The van der Waals surface area contributed by atoms with Gasteiger partial charge >= 0.3 is 50.5 Å². The Bertz CT molecular complexity index is 1100. The molecule has 6 unspecified atom stereocenters. The zero-order valence-electron chi connectivity index (χ0n) is 23.3. The monoisotopic (exact) mass is 997 g/mol. The summed E-state index contributed by atoms with van der Waals surface area (Å²) in [6.45, 7) is 8.22. The molecular formula is C31H37I4O5-. The third kappa shape index (κ3) is 9.04. The molecule has 220 valence electrons. The number of rotatable bonds is 4. The van der Waals surface area contributed by atoms with Gasteiger partial charge in [-0.2, -0.15) is 0 Å². The van der Waals surface area contributed by atoms with Crippen LogP contribution in [0.5, 0.6) is 0 Å². The SMILES string of the molecule is CC1=CC2OC1CC2C(=O)C1CC2OC1C=C2C.CO.Cc1ccc(C(=O)c2ccc(C)cc2)cc1.I.I[I-]I. The van der Waals surface area contributed by atoms with Gasteiger partial charge < -0.3 is 14.6 Å². The summed E-state index contributed by atoms with van der Waals surface area (Å²) in [5.74, 6) is 0.586. The molecule has 40 heavy (non-hydrogen) atoms. The third-order valence-corrected chi connectivity index (χ3v) is 7.60. The van der Waals surface area contributed by atoms with E-state index in [2.05, 4.69) is 63.2 Å². The molecule has 4 aliphatic rings. The van der Waals surface area contributed by atoms with Crippen molar-refractivity contribution in [2.24, 2.45) is 11.8 Å². The van der Waals surface area contributed by atoms with Crippen LogP contribution >= 0.6 is 61.2 Å². The van der Waals surface area contributed by atoms with Crippen molar-refractivity contribution in [3.63, 3.8) is 0 Å². The molecular weight excluding hydrogens is 960 g/mol. The van der Waals surface area contributed by atoms with Gasteiger partial charge in [0.1, 0.15) is 5.78 Å². The molecule has 6 rings (SSSR count). The Morgan fingerprint density at radius 2 is 1.05 bits per heavy atom. The topological polar surface area (TPSA) is 72.8 Å². The quantitative estimate of drug-likeness (QED) is 0.277. The summed E-state index contributed by atoms with van der Waals surface area (Å²) in [7, 11) is 1.00. The number of ether oxygens (including phenoxy) is 2. The summed E-state index contributed by atoms with van der Waals surface area (Å²) in [6, 6.07) is 15.3. The minimum atomic E-state index is 0. The number of carbonyl (C=O) groups is 2. The van der Waals surface area contributed by atoms with Gasteiger partial charge in [-0.1, -0.05) is 71.8 Å². The van der Waals surface area contributed by atoms with Crippen LogP contribution in [0.15, 0.2) is 71.8 Å². The first-order chi connectivity index (χ1) is 18.7. The van der Waals surface area contributed by atoms with Gasteiger partial charge in [0, 0.05) is 18.2 Å². The first-order valence-corrected chi connectivity index (χ1v) is 25.5. The minimum absolute atomic E-state index is 0. The number of hydrogen-bond donors (Lipinski definition) is 1. The molecule has 1 N–H and O–H groups in total.